The van der Waals surface area contributed by atoms with Gasteiger partial charge in [0.25, 0.3) is 0 Å². The Morgan fingerprint density at radius 3 is 2.43 bits per heavy atom. The molecular formula is C20H31N. The van der Waals surface area contributed by atoms with Crippen molar-refractivity contribution in [2.75, 3.05) is 6.54 Å². The summed E-state index contributed by atoms with van der Waals surface area (Å²) >= 11 is 0. The minimum absolute atomic E-state index is 0.586. The van der Waals surface area contributed by atoms with Crippen LogP contribution >= 0.6 is 0 Å². The van der Waals surface area contributed by atoms with Gasteiger partial charge in [-0.05, 0) is 55.5 Å². The Kier molecular flexibility index (Phi) is 5.35. The number of hydrogen-bond donors (Lipinski definition) is 1. The third-order valence-electron chi connectivity index (χ3n) is 5.71. The van der Waals surface area contributed by atoms with E-state index in [0.29, 0.717) is 6.04 Å². The first-order chi connectivity index (χ1) is 10.3. The highest BCUT2D eigenvalue weighted by molar-refractivity contribution is 5.20. The molecule has 2 saturated carbocycles. The van der Waals surface area contributed by atoms with Gasteiger partial charge in [0.1, 0.15) is 0 Å². The van der Waals surface area contributed by atoms with Crippen LogP contribution in [0.5, 0.6) is 0 Å². The van der Waals surface area contributed by atoms with Crippen LogP contribution in [0, 0.1) is 17.8 Å². The molecule has 0 heterocycles. The summed E-state index contributed by atoms with van der Waals surface area (Å²) in [5, 5.41) is 3.97. The van der Waals surface area contributed by atoms with Crippen LogP contribution in [-0.2, 0) is 0 Å². The Bertz CT molecular complexity index is 407. The van der Waals surface area contributed by atoms with Crippen molar-refractivity contribution in [3.8, 4) is 0 Å². The van der Waals surface area contributed by atoms with Crippen molar-refractivity contribution in [2.45, 2.75) is 64.3 Å². The van der Waals surface area contributed by atoms with Gasteiger partial charge in [-0.3, -0.25) is 0 Å². The Morgan fingerprint density at radius 2 is 1.76 bits per heavy atom. The van der Waals surface area contributed by atoms with Crippen LogP contribution < -0.4 is 5.32 Å². The van der Waals surface area contributed by atoms with Crippen LogP contribution in [0.2, 0.25) is 0 Å². The molecule has 21 heavy (non-hydrogen) atoms. The summed E-state index contributed by atoms with van der Waals surface area (Å²) in [5.41, 5.74) is 1.51. The predicted molar refractivity (Wildman–Crippen MR) is 90.3 cm³/mol. The van der Waals surface area contributed by atoms with Crippen molar-refractivity contribution >= 4 is 0 Å². The number of rotatable bonds is 5. The monoisotopic (exact) mass is 285 g/mol. The minimum atomic E-state index is 0.586. The van der Waals surface area contributed by atoms with Crippen molar-refractivity contribution in [1.29, 1.82) is 0 Å². The van der Waals surface area contributed by atoms with E-state index in [4.69, 9.17) is 0 Å². The van der Waals surface area contributed by atoms with Crippen LogP contribution in [0.4, 0.5) is 0 Å². The summed E-state index contributed by atoms with van der Waals surface area (Å²) in [5.74, 6) is 2.71. The fraction of sp³-hybridized carbons (Fsp3) is 0.700. The van der Waals surface area contributed by atoms with Gasteiger partial charge in [-0.1, -0.05) is 62.9 Å². The molecule has 3 rings (SSSR count). The Hall–Kier alpha value is -0.820. The van der Waals surface area contributed by atoms with E-state index in [-0.39, 0.29) is 0 Å². The second-order valence-corrected chi connectivity index (χ2v) is 7.48. The van der Waals surface area contributed by atoms with E-state index in [1.807, 2.05) is 0 Å². The van der Waals surface area contributed by atoms with E-state index >= 15 is 0 Å². The molecule has 0 aliphatic heterocycles. The molecule has 1 aromatic carbocycles. The average Bonchev–Trinajstić information content (AvgIpc) is 2.95. The molecule has 116 valence electrons. The quantitative estimate of drug-likeness (QED) is 0.770. The van der Waals surface area contributed by atoms with Gasteiger partial charge in [0.05, 0.1) is 0 Å². The molecule has 2 fully saturated rings. The zero-order valence-electron chi connectivity index (χ0n) is 13.6. The summed E-state index contributed by atoms with van der Waals surface area (Å²) in [6, 6.07) is 11.8. The Labute approximate surface area is 130 Å². The second-order valence-electron chi connectivity index (χ2n) is 7.48. The first-order valence-electron chi connectivity index (χ1n) is 9.11. The van der Waals surface area contributed by atoms with Gasteiger partial charge in [0, 0.05) is 6.04 Å². The summed E-state index contributed by atoms with van der Waals surface area (Å²) in [4.78, 5) is 0. The zero-order valence-corrected chi connectivity index (χ0v) is 13.6. The van der Waals surface area contributed by atoms with Crippen LogP contribution in [0.3, 0.4) is 0 Å². The van der Waals surface area contributed by atoms with Crippen LogP contribution in [-0.4, -0.2) is 6.54 Å². The van der Waals surface area contributed by atoms with Crippen molar-refractivity contribution < 1.29 is 0 Å². The number of benzene rings is 1. The SMILES string of the molecule is CC1CCC(CNC(c2ccccc2)C2CCCCC2)C1. The molecule has 1 N–H and O–H groups in total. The molecule has 0 saturated heterocycles. The lowest BCUT2D eigenvalue weighted by Crippen LogP contribution is -2.32. The fourth-order valence-corrected chi connectivity index (χ4v) is 4.49. The maximum atomic E-state index is 3.97. The highest BCUT2D eigenvalue weighted by Crippen LogP contribution is 2.36. The lowest BCUT2D eigenvalue weighted by Gasteiger charge is -2.32. The molecule has 2 aliphatic carbocycles. The van der Waals surface area contributed by atoms with Gasteiger partial charge >= 0.3 is 0 Å². The third kappa shape index (κ3) is 4.10. The Balaban J connectivity index is 1.64. The smallest absolute Gasteiger partial charge is 0.0348 e. The largest absolute Gasteiger partial charge is 0.309 e. The predicted octanol–water partition coefficient (Wildman–Crippen LogP) is 5.33. The van der Waals surface area contributed by atoms with E-state index in [2.05, 4.69) is 42.6 Å². The molecule has 1 nitrogen and oxygen atoms in total. The lowest BCUT2D eigenvalue weighted by atomic mass is 9.81. The van der Waals surface area contributed by atoms with E-state index < -0.39 is 0 Å². The van der Waals surface area contributed by atoms with Crippen molar-refractivity contribution in [3.63, 3.8) is 0 Å². The minimum Gasteiger partial charge on any atom is -0.309 e. The highest BCUT2D eigenvalue weighted by Gasteiger charge is 2.27. The molecule has 3 atom stereocenters. The molecule has 0 radical (unpaired) electrons. The van der Waals surface area contributed by atoms with Gasteiger partial charge in [-0.15, -0.1) is 0 Å². The van der Waals surface area contributed by atoms with Gasteiger partial charge in [-0.2, -0.15) is 0 Å². The van der Waals surface area contributed by atoms with E-state index in [1.165, 1.54) is 63.5 Å². The number of nitrogens with one attached hydrogen (secondary N) is 1. The summed E-state index contributed by atoms with van der Waals surface area (Å²) in [6.07, 6.45) is 11.4. The molecule has 1 heteroatoms. The normalized spacial score (nSPS) is 28.6. The highest BCUT2D eigenvalue weighted by atomic mass is 14.9. The van der Waals surface area contributed by atoms with E-state index in [9.17, 15) is 0 Å². The first-order valence-corrected chi connectivity index (χ1v) is 9.11. The van der Waals surface area contributed by atoms with Crippen molar-refractivity contribution in [1.82, 2.24) is 5.32 Å². The number of hydrogen-bond acceptors (Lipinski definition) is 1. The standard InChI is InChI=1S/C20H31N/c1-16-12-13-17(14-16)15-21-20(18-8-4-2-5-9-18)19-10-6-3-7-11-19/h2,4-5,8-9,16-17,19-21H,3,6-7,10-15H2,1H3. The molecule has 1 aromatic rings. The molecule has 0 spiro atoms. The van der Waals surface area contributed by atoms with Gasteiger partial charge in [0.15, 0.2) is 0 Å². The lowest BCUT2D eigenvalue weighted by molar-refractivity contribution is 0.261. The molecule has 3 unspecified atom stereocenters. The maximum Gasteiger partial charge on any atom is 0.0348 e. The topological polar surface area (TPSA) is 12.0 Å². The molecule has 2 aliphatic rings. The molecule has 0 bridgehead atoms. The van der Waals surface area contributed by atoms with Crippen molar-refractivity contribution in [2.24, 2.45) is 17.8 Å². The molecule has 0 aromatic heterocycles. The summed E-state index contributed by atoms with van der Waals surface area (Å²) in [7, 11) is 0. The van der Waals surface area contributed by atoms with Gasteiger partial charge in [-0.25, -0.2) is 0 Å². The first kappa shape index (κ1) is 15.1. The maximum absolute atomic E-state index is 3.97. The van der Waals surface area contributed by atoms with Crippen molar-refractivity contribution in [3.05, 3.63) is 35.9 Å². The molecule has 0 amide bonds. The molecular weight excluding hydrogens is 254 g/mol. The van der Waals surface area contributed by atoms with Crippen LogP contribution in [0.25, 0.3) is 0 Å². The van der Waals surface area contributed by atoms with E-state index in [0.717, 1.165) is 17.8 Å². The van der Waals surface area contributed by atoms with E-state index in [1.54, 1.807) is 0 Å². The Morgan fingerprint density at radius 1 is 1.00 bits per heavy atom. The zero-order chi connectivity index (χ0) is 14.5. The van der Waals surface area contributed by atoms with Crippen LogP contribution in [0.1, 0.15) is 69.9 Å². The fourth-order valence-electron chi connectivity index (χ4n) is 4.49. The van der Waals surface area contributed by atoms with Gasteiger partial charge < -0.3 is 5.32 Å². The van der Waals surface area contributed by atoms with Gasteiger partial charge in [0.2, 0.25) is 0 Å². The average molecular weight is 285 g/mol. The summed E-state index contributed by atoms with van der Waals surface area (Å²) in [6.45, 7) is 3.64. The third-order valence-corrected chi connectivity index (χ3v) is 5.71. The van der Waals surface area contributed by atoms with Crippen LogP contribution in [0.15, 0.2) is 30.3 Å². The summed E-state index contributed by atoms with van der Waals surface area (Å²) < 4.78 is 0. The second kappa shape index (κ2) is 7.45.